The number of allylic oxidation sites excluding steroid dienone is 6. The molecule has 0 aliphatic heterocycles. The van der Waals surface area contributed by atoms with Gasteiger partial charge in [-0.25, -0.2) is 0 Å². The largest absolute Gasteiger partial charge is 0.0988 e. The van der Waals surface area contributed by atoms with Crippen LogP contribution in [0.1, 0.15) is 6.42 Å². The van der Waals surface area contributed by atoms with Crippen LogP contribution in [0, 0.1) is 0 Å². The first-order valence-electron chi connectivity index (χ1n) is 3.00. The van der Waals surface area contributed by atoms with Crippen molar-refractivity contribution < 1.29 is 0 Å². The highest BCUT2D eigenvalue weighted by Gasteiger charge is 1.96. The molecule has 0 unspecified atom stereocenters. The lowest BCUT2D eigenvalue weighted by molar-refractivity contribution is 1.20. The molecule has 46 valence electrons. The van der Waals surface area contributed by atoms with Crippen molar-refractivity contribution in [1.82, 2.24) is 0 Å². The van der Waals surface area contributed by atoms with E-state index in [9.17, 15) is 0 Å². The number of hydrogen-bond acceptors (Lipinski definition) is 0. The van der Waals surface area contributed by atoms with Gasteiger partial charge in [0, 0.05) is 0 Å². The molecule has 0 amide bonds. The molecule has 0 saturated heterocycles. The summed E-state index contributed by atoms with van der Waals surface area (Å²) in [6.45, 7) is 7.51. The van der Waals surface area contributed by atoms with Gasteiger partial charge in [0.1, 0.15) is 0 Å². The summed E-state index contributed by atoms with van der Waals surface area (Å²) < 4.78 is 0. The van der Waals surface area contributed by atoms with E-state index >= 15 is 0 Å². The maximum absolute atomic E-state index is 3.84. The van der Waals surface area contributed by atoms with Gasteiger partial charge in [0.15, 0.2) is 0 Å². The van der Waals surface area contributed by atoms with Gasteiger partial charge in [-0.15, -0.1) is 0 Å². The van der Waals surface area contributed by atoms with Gasteiger partial charge < -0.3 is 0 Å². The molecular formula is C9H10. The molecule has 1 aliphatic carbocycles. The number of hydrogen-bond donors (Lipinski definition) is 0. The molecule has 0 fully saturated rings. The van der Waals surface area contributed by atoms with Crippen molar-refractivity contribution in [3.63, 3.8) is 0 Å². The average molecular weight is 118 g/mol. The highest BCUT2D eigenvalue weighted by Crippen LogP contribution is 2.15. The molecule has 0 spiro atoms. The first-order valence-corrected chi connectivity index (χ1v) is 3.00. The minimum Gasteiger partial charge on any atom is -0.0988 e. The van der Waals surface area contributed by atoms with Gasteiger partial charge in [0.05, 0.1) is 0 Å². The van der Waals surface area contributed by atoms with Crippen molar-refractivity contribution in [2.75, 3.05) is 0 Å². The van der Waals surface area contributed by atoms with E-state index < -0.39 is 0 Å². The molecule has 0 aromatic rings. The van der Waals surface area contributed by atoms with Crippen LogP contribution in [0.25, 0.3) is 0 Å². The zero-order valence-electron chi connectivity index (χ0n) is 5.43. The van der Waals surface area contributed by atoms with E-state index in [-0.39, 0.29) is 0 Å². The normalized spacial score (nSPS) is 17.3. The van der Waals surface area contributed by atoms with E-state index in [1.807, 2.05) is 18.2 Å². The van der Waals surface area contributed by atoms with Crippen LogP contribution in [0.2, 0.25) is 0 Å². The summed E-state index contributed by atoms with van der Waals surface area (Å²) in [6.07, 6.45) is 8.91. The third-order valence-corrected chi connectivity index (χ3v) is 1.34. The molecule has 0 N–H and O–H groups in total. The zero-order valence-corrected chi connectivity index (χ0v) is 5.43. The maximum Gasteiger partial charge on any atom is -0.00319 e. The Morgan fingerprint density at radius 1 is 1.56 bits per heavy atom. The molecule has 0 bridgehead atoms. The van der Waals surface area contributed by atoms with E-state index in [1.165, 1.54) is 5.57 Å². The summed E-state index contributed by atoms with van der Waals surface area (Å²) in [5, 5.41) is 0. The molecule has 0 nitrogen and oxygen atoms in total. The second-order valence-corrected chi connectivity index (χ2v) is 2.14. The summed E-state index contributed by atoms with van der Waals surface area (Å²) in [7, 11) is 0. The van der Waals surface area contributed by atoms with Crippen LogP contribution in [-0.4, -0.2) is 0 Å². The van der Waals surface area contributed by atoms with Crippen LogP contribution < -0.4 is 0 Å². The Morgan fingerprint density at radius 3 is 2.78 bits per heavy atom. The van der Waals surface area contributed by atoms with Crippen molar-refractivity contribution >= 4 is 0 Å². The minimum absolute atomic E-state index is 0.958. The molecule has 9 heavy (non-hydrogen) atoms. The first-order chi connectivity index (χ1) is 4.33. The fourth-order valence-electron chi connectivity index (χ4n) is 0.828. The second kappa shape index (κ2) is 2.49. The van der Waals surface area contributed by atoms with Gasteiger partial charge >= 0.3 is 0 Å². The highest BCUT2D eigenvalue weighted by atomic mass is 14.0. The predicted molar refractivity (Wildman–Crippen MR) is 41.2 cm³/mol. The maximum atomic E-state index is 3.84. The summed E-state index contributed by atoms with van der Waals surface area (Å²) >= 11 is 0. The van der Waals surface area contributed by atoms with Crippen LogP contribution in [0.5, 0.6) is 0 Å². The lowest BCUT2D eigenvalue weighted by Gasteiger charge is -2.04. The Balaban J connectivity index is 2.76. The van der Waals surface area contributed by atoms with E-state index in [1.54, 1.807) is 0 Å². The third kappa shape index (κ3) is 1.43. The van der Waals surface area contributed by atoms with Crippen LogP contribution >= 0.6 is 0 Å². The van der Waals surface area contributed by atoms with Gasteiger partial charge in [-0.3, -0.25) is 0 Å². The van der Waals surface area contributed by atoms with Crippen molar-refractivity contribution in [3.8, 4) is 0 Å². The standard InChI is InChI=1S/C9H10/c1-3-9-6-4-5-8(2)7-9/h3-6H,1-2,7H2. The Hall–Kier alpha value is -1.04. The average Bonchev–Trinajstić information content (AvgIpc) is 1.88. The minimum atomic E-state index is 0.958. The van der Waals surface area contributed by atoms with Gasteiger partial charge in [-0.05, 0) is 12.0 Å². The van der Waals surface area contributed by atoms with Crippen LogP contribution in [0.4, 0.5) is 0 Å². The van der Waals surface area contributed by atoms with Gasteiger partial charge in [-0.2, -0.15) is 0 Å². The predicted octanol–water partition coefficient (Wildman–Crippen LogP) is 2.61. The van der Waals surface area contributed by atoms with Gasteiger partial charge in [0.25, 0.3) is 0 Å². The van der Waals surface area contributed by atoms with E-state index in [4.69, 9.17) is 0 Å². The molecule has 0 saturated carbocycles. The molecule has 0 radical (unpaired) electrons. The van der Waals surface area contributed by atoms with Crippen molar-refractivity contribution in [2.45, 2.75) is 6.42 Å². The molecule has 1 rings (SSSR count). The quantitative estimate of drug-likeness (QED) is 0.496. The van der Waals surface area contributed by atoms with Gasteiger partial charge in [-0.1, -0.05) is 43.0 Å². The smallest absolute Gasteiger partial charge is 0.00319 e. The van der Waals surface area contributed by atoms with Crippen molar-refractivity contribution in [2.24, 2.45) is 0 Å². The molecule has 0 aromatic carbocycles. The Morgan fingerprint density at radius 2 is 2.33 bits per heavy atom. The topological polar surface area (TPSA) is 0 Å². The monoisotopic (exact) mass is 118 g/mol. The third-order valence-electron chi connectivity index (χ3n) is 1.34. The van der Waals surface area contributed by atoms with E-state index in [2.05, 4.69) is 19.2 Å². The number of rotatable bonds is 1. The van der Waals surface area contributed by atoms with Gasteiger partial charge in [0.2, 0.25) is 0 Å². The summed E-state index contributed by atoms with van der Waals surface area (Å²) in [5.41, 5.74) is 2.41. The molecule has 1 aliphatic rings. The Bertz CT molecular complexity index is 192. The van der Waals surface area contributed by atoms with Crippen molar-refractivity contribution in [3.05, 3.63) is 48.6 Å². The van der Waals surface area contributed by atoms with Crippen LogP contribution in [0.3, 0.4) is 0 Å². The van der Waals surface area contributed by atoms with E-state index in [0.29, 0.717) is 0 Å². The SMILES string of the molecule is C=CC1=CC=CC(=C)C1. The fraction of sp³-hybridized carbons (Fsp3) is 0.111. The van der Waals surface area contributed by atoms with E-state index in [0.717, 1.165) is 12.0 Å². The fourth-order valence-corrected chi connectivity index (χ4v) is 0.828. The Labute approximate surface area is 55.9 Å². The lowest BCUT2D eigenvalue weighted by Crippen LogP contribution is -1.84. The first kappa shape index (κ1) is 6.09. The lowest BCUT2D eigenvalue weighted by atomic mass is 10.0. The molecule has 0 heterocycles. The van der Waals surface area contributed by atoms with Crippen molar-refractivity contribution in [1.29, 1.82) is 0 Å². The Kier molecular flexibility index (Phi) is 1.69. The molecule has 0 aromatic heterocycles. The molecule has 0 heteroatoms. The highest BCUT2D eigenvalue weighted by molar-refractivity contribution is 5.36. The second-order valence-electron chi connectivity index (χ2n) is 2.14. The summed E-state index contributed by atoms with van der Waals surface area (Å²) in [4.78, 5) is 0. The van der Waals surface area contributed by atoms with Crippen LogP contribution in [0.15, 0.2) is 48.6 Å². The molecular weight excluding hydrogens is 108 g/mol. The summed E-state index contributed by atoms with van der Waals surface area (Å²) in [5.74, 6) is 0. The summed E-state index contributed by atoms with van der Waals surface area (Å²) in [6, 6.07) is 0. The zero-order chi connectivity index (χ0) is 6.69. The molecule has 0 atom stereocenters. The van der Waals surface area contributed by atoms with Crippen LogP contribution in [-0.2, 0) is 0 Å².